The molecule has 0 saturated heterocycles. The number of nitrogens with two attached hydrogens (primary N) is 2. The monoisotopic (exact) mass is 229 g/mol. The van der Waals surface area contributed by atoms with E-state index in [1.807, 2.05) is 0 Å². The molecule has 0 bridgehead atoms. The molecule has 0 atom stereocenters. The predicted molar refractivity (Wildman–Crippen MR) is 57.4 cm³/mol. The average Bonchev–Trinajstić information content (AvgIpc) is 2.09. The highest BCUT2D eigenvalue weighted by molar-refractivity contribution is 7.85. The van der Waals surface area contributed by atoms with Crippen molar-refractivity contribution in [1.29, 1.82) is 0 Å². The molecule has 15 heavy (non-hydrogen) atoms. The molecule has 0 radical (unpaired) electrons. The molecule has 0 saturated carbocycles. The number of nitrogen functional groups attached to an aromatic ring is 2. The molecule has 84 valence electrons. The molecule has 6 heteroatoms. The standard InChI is InChI=1S/C9H14N2O3S/c1-4-7(10)5(2)9(15(12,13)14)6(3)8(4)11/h10-11H2,1-3H3,(H,12,13,14)/p-1. The van der Waals surface area contributed by atoms with Crippen molar-refractivity contribution in [3.8, 4) is 0 Å². The van der Waals surface area contributed by atoms with E-state index in [-0.39, 0.29) is 27.4 Å². The second kappa shape index (κ2) is 3.39. The van der Waals surface area contributed by atoms with Gasteiger partial charge in [-0.15, -0.1) is 0 Å². The fourth-order valence-corrected chi connectivity index (χ4v) is 2.58. The van der Waals surface area contributed by atoms with Crippen LogP contribution >= 0.6 is 0 Å². The molecular weight excluding hydrogens is 216 g/mol. The van der Waals surface area contributed by atoms with Gasteiger partial charge in [0.2, 0.25) is 0 Å². The second-order valence-corrected chi connectivity index (χ2v) is 4.80. The minimum atomic E-state index is -4.54. The van der Waals surface area contributed by atoms with Gasteiger partial charge in [-0.1, -0.05) is 0 Å². The summed E-state index contributed by atoms with van der Waals surface area (Å²) < 4.78 is 33.1. The Labute approximate surface area is 88.8 Å². The zero-order valence-electron chi connectivity index (χ0n) is 8.79. The first-order valence-corrected chi connectivity index (χ1v) is 5.69. The highest BCUT2D eigenvalue weighted by atomic mass is 32.2. The first kappa shape index (κ1) is 11.8. The first-order valence-electron chi connectivity index (χ1n) is 4.28. The molecule has 0 aliphatic rings. The maximum atomic E-state index is 11.0. The molecule has 1 rings (SSSR count). The average molecular weight is 229 g/mol. The van der Waals surface area contributed by atoms with Crippen LogP contribution in [-0.2, 0) is 10.1 Å². The molecule has 1 aromatic rings. The lowest BCUT2D eigenvalue weighted by atomic mass is 10.0. The lowest BCUT2D eigenvalue weighted by Crippen LogP contribution is -2.11. The van der Waals surface area contributed by atoms with Crippen molar-refractivity contribution in [2.45, 2.75) is 25.7 Å². The van der Waals surface area contributed by atoms with E-state index in [9.17, 15) is 13.0 Å². The molecule has 0 aromatic heterocycles. The van der Waals surface area contributed by atoms with Gasteiger partial charge < -0.3 is 16.0 Å². The Morgan fingerprint density at radius 3 is 1.53 bits per heavy atom. The summed E-state index contributed by atoms with van der Waals surface area (Å²) in [5.74, 6) is 0. The minimum Gasteiger partial charge on any atom is -0.744 e. The van der Waals surface area contributed by atoms with Gasteiger partial charge in [0.05, 0.1) is 4.90 Å². The van der Waals surface area contributed by atoms with Crippen LogP contribution in [0.25, 0.3) is 0 Å². The Hall–Kier alpha value is -1.27. The molecule has 0 unspecified atom stereocenters. The van der Waals surface area contributed by atoms with E-state index in [2.05, 4.69) is 0 Å². The van der Waals surface area contributed by atoms with Gasteiger partial charge in [-0.3, -0.25) is 0 Å². The van der Waals surface area contributed by atoms with E-state index in [1.54, 1.807) is 6.92 Å². The topological polar surface area (TPSA) is 109 Å². The van der Waals surface area contributed by atoms with Crippen LogP contribution in [0.4, 0.5) is 11.4 Å². The van der Waals surface area contributed by atoms with Gasteiger partial charge in [0.25, 0.3) is 0 Å². The van der Waals surface area contributed by atoms with Crippen molar-refractivity contribution in [2.75, 3.05) is 11.5 Å². The largest absolute Gasteiger partial charge is 0.744 e. The van der Waals surface area contributed by atoms with E-state index in [0.717, 1.165) is 0 Å². The van der Waals surface area contributed by atoms with Crippen LogP contribution in [-0.4, -0.2) is 13.0 Å². The minimum absolute atomic E-state index is 0.257. The van der Waals surface area contributed by atoms with Crippen molar-refractivity contribution in [3.63, 3.8) is 0 Å². The Morgan fingerprint density at radius 2 is 1.27 bits per heavy atom. The van der Waals surface area contributed by atoms with Crippen LogP contribution in [0.1, 0.15) is 16.7 Å². The maximum Gasteiger partial charge on any atom is 0.125 e. The molecule has 5 nitrogen and oxygen atoms in total. The summed E-state index contributed by atoms with van der Waals surface area (Å²) in [6.07, 6.45) is 0. The summed E-state index contributed by atoms with van der Waals surface area (Å²) in [5, 5.41) is 0. The summed E-state index contributed by atoms with van der Waals surface area (Å²) in [5.41, 5.74) is 13.0. The van der Waals surface area contributed by atoms with Crippen molar-refractivity contribution in [1.82, 2.24) is 0 Å². The smallest absolute Gasteiger partial charge is 0.125 e. The van der Waals surface area contributed by atoms with E-state index < -0.39 is 10.1 Å². The first-order chi connectivity index (χ1) is 6.68. The maximum absolute atomic E-state index is 11.0. The summed E-state index contributed by atoms with van der Waals surface area (Å²) >= 11 is 0. The molecule has 0 fully saturated rings. The van der Waals surface area contributed by atoms with Crippen LogP contribution in [0.15, 0.2) is 4.90 Å². The molecule has 4 N–H and O–H groups in total. The predicted octanol–water partition coefficient (Wildman–Crippen LogP) is 0.680. The summed E-state index contributed by atoms with van der Waals surface area (Å²) in [6, 6.07) is 0. The third-order valence-corrected chi connectivity index (χ3v) is 3.66. The van der Waals surface area contributed by atoms with E-state index >= 15 is 0 Å². The third kappa shape index (κ3) is 1.78. The summed E-state index contributed by atoms with van der Waals surface area (Å²) in [6.45, 7) is 4.69. The number of hydrogen-bond donors (Lipinski definition) is 2. The van der Waals surface area contributed by atoms with Gasteiger partial charge >= 0.3 is 0 Å². The quantitative estimate of drug-likeness (QED) is 0.543. The van der Waals surface area contributed by atoms with Crippen molar-refractivity contribution >= 4 is 21.5 Å². The second-order valence-electron chi connectivity index (χ2n) is 3.49. The van der Waals surface area contributed by atoms with E-state index in [4.69, 9.17) is 11.5 Å². The van der Waals surface area contributed by atoms with Gasteiger partial charge in [-0.2, -0.15) is 0 Å². The lowest BCUT2D eigenvalue weighted by Gasteiger charge is -2.19. The van der Waals surface area contributed by atoms with Crippen LogP contribution < -0.4 is 11.5 Å². The van der Waals surface area contributed by atoms with Gasteiger partial charge in [-0.25, -0.2) is 8.42 Å². The lowest BCUT2D eigenvalue weighted by molar-refractivity contribution is 0.462. The molecular formula is C9H13N2O3S-. The van der Waals surface area contributed by atoms with Crippen LogP contribution in [0.3, 0.4) is 0 Å². The molecule has 0 aliphatic heterocycles. The van der Waals surface area contributed by atoms with Crippen LogP contribution in [0.2, 0.25) is 0 Å². The van der Waals surface area contributed by atoms with Gasteiger partial charge in [0.1, 0.15) is 10.1 Å². The van der Waals surface area contributed by atoms with Crippen LogP contribution in [0.5, 0.6) is 0 Å². The molecule has 1 aromatic carbocycles. The number of hydrogen-bond acceptors (Lipinski definition) is 5. The fraction of sp³-hybridized carbons (Fsp3) is 0.333. The van der Waals surface area contributed by atoms with E-state index in [0.29, 0.717) is 5.56 Å². The Balaban J connectivity index is 3.84. The molecule has 0 aliphatic carbocycles. The third-order valence-electron chi connectivity index (χ3n) is 2.55. The normalized spacial score (nSPS) is 11.7. The molecule has 0 heterocycles. The number of anilines is 2. The molecule has 0 spiro atoms. The van der Waals surface area contributed by atoms with Crippen molar-refractivity contribution in [3.05, 3.63) is 16.7 Å². The van der Waals surface area contributed by atoms with Gasteiger partial charge in [-0.05, 0) is 37.5 Å². The SMILES string of the molecule is Cc1c(N)c(C)c(S(=O)(=O)[O-])c(C)c1N. The Kier molecular flexibility index (Phi) is 2.67. The van der Waals surface area contributed by atoms with Crippen LogP contribution in [0, 0.1) is 20.8 Å². The van der Waals surface area contributed by atoms with Crippen molar-refractivity contribution in [2.24, 2.45) is 0 Å². The zero-order chi connectivity index (χ0) is 12.0. The van der Waals surface area contributed by atoms with Gasteiger partial charge in [0, 0.05) is 11.4 Å². The van der Waals surface area contributed by atoms with Crippen molar-refractivity contribution < 1.29 is 13.0 Å². The highest BCUT2D eigenvalue weighted by Crippen LogP contribution is 2.33. The summed E-state index contributed by atoms with van der Waals surface area (Å²) in [4.78, 5) is -0.303. The fourth-order valence-electron chi connectivity index (χ4n) is 1.61. The highest BCUT2D eigenvalue weighted by Gasteiger charge is 2.17. The van der Waals surface area contributed by atoms with E-state index in [1.165, 1.54) is 13.8 Å². The number of rotatable bonds is 1. The summed E-state index contributed by atoms with van der Waals surface area (Å²) in [7, 11) is -4.54. The zero-order valence-corrected chi connectivity index (χ0v) is 9.60. The Morgan fingerprint density at radius 1 is 0.933 bits per heavy atom. The molecule has 0 amide bonds. The number of benzene rings is 1. The van der Waals surface area contributed by atoms with Gasteiger partial charge in [0.15, 0.2) is 0 Å². The Bertz CT molecular complexity index is 492.